The Morgan fingerprint density at radius 2 is 1.95 bits per heavy atom. The van der Waals surface area contributed by atoms with Gasteiger partial charge in [0.2, 0.25) is 0 Å². The highest BCUT2D eigenvalue weighted by Crippen LogP contribution is 2.43. The quantitative estimate of drug-likeness (QED) is 0.856. The molecule has 0 heterocycles. The molecule has 1 aromatic carbocycles. The smallest absolute Gasteiger partial charge is 0.123 e. The molecule has 0 bridgehead atoms. The molecule has 21 heavy (non-hydrogen) atoms. The van der Waals surface area contributed by atoms with Gasteiger partial charge in [0.25, 0.3) is 0 Å². The molecule has 0 saturated heterocycles. The van der Waals surface area contributed by atoms with Crippen LogP contribution in [0.5, 0.6) is 0 Å². The number of rotatable bonds is 4. The Hall–Kier alpha value is -0.890. The molecule has 116 valence electrons. The van der Waals surface area contributed by atoms with Crippen molar-refractivity contribution in [2.45, 2.75) is 57.4 Å². The lowest BCUT2D eigenvalue weighted by Gasteiger charge is -2.42. The largest absolute Gasteiger partial charge is 0.316 e. The molecule has 2 saturated carbocycles. The van der Waals surface area contributed by atoms with Crippen molar-refractivity contribution in [2.75, 3.05) is 7.05 Å². The van der Waals surface area contributed by atoms with E-state index in [4.69, 9.17) is 0 Å². The fraction of sp³-hybridized carbons (Fsp3) is 0.684. The summed E-state index contributed by atoms with van der Waals surface area (Å²) in [5.74, 6) is 2.61. The minimum atomic E-state index is -0.113. The van der Waals surface area contributed by atoms with Crippen LogP contribution in [-0.2, 0) is 6.42 Å². The predicted octanol–water partition coefficient (Wildman–Crippen LogP) is 4.56. The van der Waals surface area contributed by atoms with Gasteiger partial charge in [0, 0.05) is 6.04 Å². The van der Waals surface area contributed by atoms with Crippen molar-refractivity contribution in [3.63, 3.8) is 0 Å². The molecule has 4 atom stereocenters. The highest BCUT2D eigenvalue weighted by atomic mass is 19.1. The molecule has 1 aromatic rings. The van der Waals surface area contributed by atoms with E-state index < -0.39 is 0 Å². The Morgan fingerprint density at radius 1 is 1.14 bits per heavy atom. The van der Waals surface area contributed by atoms with E-state index in [1.807, 2.05) is 6.07 Å². The predicted molar refractivity (Wildman–Crippen MR) is 85.7 cm³/mol. The van der Waals surface area contributed by atoms with Gasteiger partial charge in [-0.1, -0.05) is 37.8 Å². The third kappa shape index (κ3) is 3.66. The topological polar surface area (TPSA) is 12.0 Å². The fourth-order valence-electron chi connectivity index (χ4n) is 4.70. The van der Waals surface area contributed by atoms with Crippen molar-refractivity contribution < 1.29 is 4.39 Å². The first kappa shape index (κ1) is 15.0. The van der Waals surface area contributed by atoms with Crippen LogP contribution in [0.15, 0.2) is 24.3 Å². The molecular formula is C19H28FN. The van der Waals surface area contributed by atoms with Gasteiger partial charge in [-0.3, -0.25) is 0 Å². The van der Waals surface area contributed by atoms with Gasteiger partial charge in [0.1, 0.15) is 5.82 Å². The number of nitrogens with one attached hydrogen (secondary N) is 1. The van der Waals surface area contributed by atoms with Crippen LogP contribution in [0.3, 0.4) is 0 Å². The van der Waals surface area contributed by atoms with Crippen molar-refractivity contribution in [3.05, 3.63) is 35.6 Å². The molecule has 2 heteroatoms. The summed E-state index contributed by atoms with van der Waals surface area (Å²) in [5.41, 5.74) is 1.13. The van der Waals surface area contributed by atoms with Crippen molar-refractivity contribution in [1.29, 1.82) is 0 Å². The summed E-state index contributed by atoms with van der Waals surface area (Å²) in [6.45, 7) is 0. The molecule has 3 rings (SSSR count). The van der Waals surface area contributed by atoms with Crippen LogP contribution in [-0.4, -0.2) is 13.1 Å². The van der Waals surface area contributed by atoms with E-state index in [-0.39, 0.29) is 5.82 Å². The van der Waals surface area contributed by atoms with Crippen molar-refractivity contribution in [1.82, 2.24) is 5.32 Å². The molecule has 2 aliphatic rings. The summed E-state index contributed by atoms with van der Waals surface area (Å²) in [6, 6.07) is 7.60. The second-order valence-electron chi connectivity index (χ2n) is 7.11. The van der Waals surface area contributed by atoms with Crippen molar-refractivity contribution in [2.24, 2.45) is 17.8 Å². The highest BCUT2D eigenvalue weighted by molar-refractivity contribution is 5.17. The highest BCUT2D eigenvalue weighted by Gasteiger charge is 2.34. The SMILES string of the molecule is CNC(Cc1cccc(F)c1)C1CCC2CCCCC2C1. The first-order chi connectivity index (χ1) is 10.3. The minimum absolute atomic E-state index is 0.113. The summed E-state index contributed by atoms with van der Waals surface area (Å²) in [4.78, 5) is 0. The van der Waals surface area contributed by atoms with Crippen LogP contribution >= 0.6 is 0 Å². The molecule has 4 unspecified atom stereocenters. The first-order valence-electron chi connectivity index (χ1n) is 8.68. The molecule has 0 spiro atoms. The Balaban J connectivity index is 1.63. The monoisotopic (exact) mass is 289 g/mol. The summed E-state index contributed by atoms with van der Waals surface area (Å²) in [5, 5.41) is 3.51. The Labute approximate surface area is 128 Å². The van der Waals surface area contributed by atoms with Gasteiger partial charge in [0.05, 0.1) is 0 Å². The summed E-state index contributed by atoms with van der Waals surface area (Å²) in [6.07, 6.45) is 10.9. The van der Waals surface area contributed by atoms with Gasteiger partial charge in [0.15, 0.2) is 0 Å². The van der Waals surface area contributed by atoms with Crippen LogP contribution in [0.4, 0.5) is 4.39 Å². The standard InChI is InChI=1S/C19H28FN/c1-21-19(12-14-5-4-8-18(20)11-14)17-10-9-15-6-2-3-7-16(15)13-17/h4-5,8,11,15-17,19,21H,2-3,6-7,9-10,12-13H2,1H3. The molecule has 1 nitrogen and oxygen atoms in total. The van der Waals surface area contributed by atoms with E-state index in [0.717, 1.165) is 29.7 Å². The number of hydrogen-bond acceptors (Lipinski definition) is 1. The summed E-state index contributed by atoms with van der Waals surface area (Å²) < 4.78 is 13.4. The average molecular weight is 289 g/mol. The molecular weight excluding hydrogens is 261 g/mol. The molecule has 2 aliphatic carbocycles. The molecule has 0 amide bonds. The van der Waals surface area contributed by atoms with Crippen LogP contribution in [0.25, 0.3) is 0 Å². The summed E-state index contributed by atoms with van der Waals surface area (Å²) >= 11 is 0. The lowest BCUT2D eigenvalue weighted by molar-refractivity contribution is 0.111. The molecule has 0 aromatic heterocycles. The molecule has 0 aliphatic heterocycles. The number of halogens is 1. The second kappa shape index (κ2) is 6.91. The zero-order valence-corrected chi connectivity index (χ0v) is 13.2. The van der Waals surface area contributed by atoms with Crippen molar-refractivity contribution in [3.8, 4) is 0 Å². The first-order valence-corrected chi connectivity index (χ1v) is 8.68. The maximum absolute atomic E-state index is 13.4. The van der Waals surface area contributed by atoms with E-state index in [1.54, 1.807) is 6.07 Å². The van der Waals surface area contributed by atoms with Crippen LogP contribution in [0, 0.1) is 23.6 Å². The van der Waals surface area contributed by atoms with Gasteiger partial charge in [-0.05, 0) is 68.2 Å². The fourth-order valence-corrected chi connectivity index (χ4v) is 4.70. The normalized spacial score (nSPS) is 30.7. The maximum atomic E-state index is 13.4. The van der Waals surface area contributed by atoms with Gasteiger partial charge in [-0.25, -0.2) is 4.39 Å². The number of benzene rings is 1. The minimum Gasteiger partial charge on any atom is -0.316 e. The van der Waals surface area contributed by atoms with Gasteiger partial charge in [-0.15, -0.1) is 0 Å². The second-order valence-corrected chi connectivity index (χ2v) is 7.11. The Morgan fingerprint density at radius 3 is 2.71 bits per heavy atom. The van der Waals surface area contributed by atoms with E-state index >= 15 is 0 Å². The average Bonchev–Trinajstić information content (AvgIpc) is 2.52. The number of hydrogen-bond donors (Lipinski definition) is 1. The lowest BCUT2D eigenvalue weighted by atomic mass is 9.65. The van der Waals surface area contributed by atoms with Crippen molar-refractivity contribution >= 4 is 0 Å². The maximum Gasteiger partial charge on any atom is 0.123 e. The van der Waals surface area contributed by atoms with Gasteiger partial charge in [-0.2, -0.15) is 0 Å². The van der Waals surface area contributed by atoms with E-state index in [0.29, 0.717) is 6.04 Å². The van der Waals surface area contributed by atoms with Crippen LogP contribution < -0.4 is 5.32 Å². The molecule has 1 N–H and O–H groups in total. The van der Waals surface area contributed by atoms with Gasteiger partial charge < -0.3 is 5.32 Å². The Kier molecular flexibility index (Phi) is 4.95. The zero-order chi connectivity index (χ0) is 14.7. The number of likely N-dealkylation sites (N-methyl/N-ethyl adjacent to an activating group) is 1. The van der Waals surface area contributed by atoms with Crippen LogP contribution in [0.1, 0.15) is 50.5 Å². The molecule has 2 fully saturated rings. The third-order valence-corrected chi connectivity index (χ3v) is 5.86. The van der Waals surface area contributed by atoms with Gasteiger partial charge >= 0.3 is 0 Å². The number of fused-ring (bicyclic) bond motifs is 1. The van der Waals surface area contributed by atoms with E-state index in [9.17, 15) is 4.39 Å². The van der Waals surface area contributed by atoms with E-state index in [2.05, 4.69) is 18.4 Å². The van der Waals surface area contributed by atoms with E-state index in [1.165, 1.54) is 51.0 Å². The Bertz CT molecular complexity index is 459. The third-order valence-electron chi connectivity index (χ3n) is 5.86. The van der Waals surface area contributed by atoms with Crippen LogP contribution in [0.2, 0.25) is 0 Å². The lowest BCUT2D eigenvalue weighted by Crippen LogP contribution is -2.40. The summed E-state index contributed by atoms with van der Waals surface area (Å²) in [7, 11) is 2.07. The zero-order valence-electron chi connectivity index (χ0n) is 13.2. The molecule has 0 radical (unpaired) electrons.